The molecule has 0 radical (unpaired) electrons. The van der Waals surface area contributed by atoms with Crippen molar-refractivity contribution in [1.29, 1.82) is 0 Å². The molecule has 0 aromatic carbocycles. The third-order valence-corrected chi connectivity index (χ3v) is 5.28. The summed E-state index contributed by atoms with van der Waals surface area (Å²) in [7, 11) is 0. The molecule has 21 heavy (non-hydrogen) atoms. The monoisotopic (exact) mass is 344 g/mol. The van der Waals surface area contributed by atoms with Crippen LogP contribution in [0.2, 0.25) is 4.34 Å². The summed E-state index contributed by atoms with van der Waals surface area (Å²) < 4.78 is 0.706. The molecule has 0 fully saturated rings. The second-order valence-corrected chi connectivity index (χ2v) is 8.04. The van der Waals surface area contributed by atoms with Crippen molar-refractivity contribution in [2.24, 2.45) is 5.41 Å². The number of aromatic nitrogens is 1. The molecule has 0 unspecified atom stereocenters. The fourth-order valence-corrected chi connectivity index (χ4v) is 3.64. The molecule has 0 saturated heterocycles. The van der Waals surface area contributed by atoms with Gasteiger partial charge in [-0.2, -0.15) is 0 Å². The molecule has 0 atom stereocenters. The smallest absolute Gasteiger partial charge is 0.270 e. The maximum absolute atomic E-state index is 12.1. The molecular formula is C14H17ClN2O2S2. The van der Waals surface area contributed by atoms with Crippen molar-refractivity contribution >= 4 is 40.2 Å². The van der Waals surface area contributed by atoms with Crippen molar-refractivity contribution in [3.63, 3.8) is 0 Å². The lowest BCUT2D eigenvalue weighted by atomic mass is 9.90. The Morgan fingerprint density at radius 2 is 2.24 bits per heavy atom. The number of thiophene rings is 1. The van der Waals surface area contributed by atoms with Crippen molar-refractivity contribution in [2.75, 3.05) is 13.2 Å². The highest BCUT2D eigenvalue weighted by atomic mass is 35.5. The number of carbonyl (C=O) groups excluding carboxylic acids is 1. The van der Waals surface area contributed by atoms with E-state index in [1.54, 1.807) is 5.38 Å². The van der Waals surface area contributed by atoms with Gasteiger partial charge in [-0.1, -0.05) is 25.4 Å². The molecule has 2 heterocycles. The van der Waals surface area contributed by atoms with Gasteiger partial charge in [0.15, 0.2) is 0 Å². The third kappa shape index (κ3) is 4.51. The van der Waals surface area contributed by atoms with Crippen LogP contribution in [-0.2, 0) is 0 Å². The van der Waals surface area contributed by atoms with Gasteiger partial charge in [0.2, 0.25) is 0 Å². The van der Waals surface area contributed by atoms with Gasteiger partial charge in [0.05, 0.1) is 9.21 Å². The molecule has 0 aliphatic heterocycles. The molecule has 7 heteroatoms. The van der Waals surface area contributed by atoms with Crippen LogP contribution in [0, 0.1) is 5.41 Å². The Labute approximate surface area is 136 Å². The molecule has 4 nitrogen and oxygen atoms in total. The first-order chi connectivity index (χ1) is 9.91. The first kappa shape index (κ1) is 16.4. The average molecular weight is 345 g/mol. The van der Waals surface area contributed by atoms with Gasteiger partial charge >= 0.3 is 0 Å². The fraction of sp³-hybridized carbons (Fsp3) is 0.429. The van der Waals surface area contributed by atoms with Crippen LogP contribution in [0.25, 0.3) is 9.88 Å². The van der Waals surface area contributed by atoms with E-state index in [2.05, 4.69) is 10.3 Å². The van der Waals surface area contributed by atoms with E-state index < -0.39 is 0 Å². The van der Waals surface area contributed by atoms with Gasteiger partial charge in [0, 0.05) is 18.5 Å². The van der Waals surface area contributed by atoms with Crippen LogP contribution in [0.15, 0.2) is 17.5 Å². The molecule has 0 saturated carbocycles. The molecule has 1 amide bonds. The minimum atomic E-state index is -0.189. The maximum atomic E-state index is 12.1. The minimum Gasteiger partial charge on any atom is -0.396 e. The van der Waals surface area contributed by atoms with Gasteiger partial charge in [-0.05, 0) is 24.0 Å². The van der Waals surface area contributed by atoms with Crippen LogP contribution in [-0.4, -0.2) is 29.1 Å². The number of aliphatic hydroxyl groups excluding tert-OH is 1. The predicted octanol–water partition coefficient (Wildman–Crippen LogP) is 3.66. The van der Waals surface area contributed by atoms with Gasteiger partial charge in [-0.15, -0.1) is 22.7 Å². The van der Waals surface area contributed by atoms with Crippen LogP contribution < -0.4 is 5.32 Å². The highest BCUT2D eigenvalue weighted by molar-refractivity contribution is 7.23. The molecule has 2 aromatic rings. The first-order valence-electron chi connectivity index (χ1n) is 6.51. The van der Waals surface area contributed by atoms with E-state index in [1.165, 1.54) is 22.7 Å². The molecule has 0 aliphatic rings. The molecule has 2 rings (SSSR count). The number of rotatable bonds is 6. The zero-order chi connectivity index (χ0) is 15.5. The Morgan fingerprint density at radius 1 is 1.48 bits per heavy atom. The number of hydrogen-bond acceptors (Lipinski definition) is 5. The summed E-state index contributed by atoms with van der Waals surface area (Å²) in [6.45, 7) is 4.63. The minimum absolute atomic E-state index is 0.114. The van der Waals surface area contributed by atoms with Crippen molar-refractivity contribution in [2.45, 2.75) is 20.3 Å². The second-order valence-electron chi connectivity index (χ2n) is 5.46. The lowest BCUT2D eigenvalue weighted by molar-refractivity contribution is 0.0924. The number of aliphatic hydroxyl groups is 1. The summed E-state index contributed by atoms with van der Waals surface area (Å²) in [4.78, 5) is 17.4. The molecular weight excluding hydrogens is 328 g/mol. The van der Waals surface area contributed by atoms with E-state index in [0.717, 1.165) is 9.88 Å². The number of carbonyl (C=O) groups is 1. The van der Waals surface area contributed by atoms with Crippen LogP contribution in [0.1, 0.15) is 30.8 Å². The number of hydrogen-bond donors (Lipinski definition) is 2. The van der Waals surface area contributed by atoms with E-state index in [-0.39, 0.29) is 17.9 Å². The number of amides is 1. The highest BCUT2D eigenvalue weighted by Crippen LogP contribution is 2.32. The van der Waals surface area contributed by atoms with Gasteiger partial charge in [-0.3, -0.25) is 4.79 Å². The van der Waals surface area contributed by atoms with Gasteiger partial charge < -0.3 is 10.4 Å². The summed E-state index contributed by atoms with van der Waals surface area (Å²) in [6, 6.07) is 3.72. The SMILES string of the molecule is CC(C)(CCO)CNC(=O)c1csc(-c2ccc(Cl)s2)n1. The van der Waals surface area contributed by atoms with E-state index in [4.69, 9.17) is 16.7 Å². The summed E-state index contributed by atoms with van der Waals surface area (Å²) in [5, 5.41) is 14.4. The highest BCUT2D eigenvalue weighted by Gasteiger charge is 2.20. The zero-order valence-corrected chi connectivity index (χ0v) is 14.2. The van der Waals surface area contributed by atoms with Crippen LogP contribution in [0.3, 0.4) is 0 Å². The molecule has 2 N–H and O–H groups in total. The standard InChI is InChI=1S/C14H17ClN2O2S2/c1-14(2,5-6-18)8-16-12(19)9-7-20-13(17-9)10-3-4-11(15)21-10/h3-4,7,18H,5-6,8H2,1-2H3,(H,16,19). The fourth-order valence-electron chi connectivity index (χ4n) is 1.72. The van der Waals surface area contributed by atoms with Crippen molar-refractivity contribution in [1.82, 2.24) is 10.3 Å². The normalized spacial score (nSPS) is 11.6. The van der Waals surface area contributed by atoms with Gasteiger partial charge in [0.25, 0.3) is 5.91 Å². The van der Waals surface area contributed by atoms with Gasteiger partial charge in [0.1, 0.15) is 10.7 Å². The van der Waals surface area contributed by atoms with Crippen molar-refractivity contribution in [3.05, 3.63) is 27.5 Å². The Hall–Kier alpha value is -0.950. The van der Waals surface area contributed by atoms with E-state index in [1.807, 2.05) is 26.0 Å². The zero-order valence-electron chi connectivity index (χ0n) is 11.9. The van der Waals surface area contributed by atoms with E-state index in [0.29, 0.717) is 23.0 Å². The van der Waals surface area contributed by atoms with E-state index >= 15 is 0 Å². The van der Waals surface area contributed by atoms with Crippen LogP contribution in [0.5, 0.6) is 0 Å². The second kappa shape index (κ2) is 6.87. The topological polar surface area (TPSA) is 62.2 Å². The number of nitrogens with zero attached hydrogens (tertiary/aromatic N) is 1. The number of halogens is 1. The molecule has 0 bridgehead atoms. The lowest BCUT2D eigenvalue weighted by Gasteiger charge is -2.23. The van der Waals surface area contributed by atoms with Crippen molar-refractivity contribution in [3.8, 4) is 9.88 Å². The average Bonchev–Trinajstić information content (AvgIpc) is 3.04. The van der Waals surface area contributed by atoms with Crippen LogP contribution in [0.4, 0.5) is 0 Å². The quantitative estimate of drug-likeness (QED) is 0.840. The third-order valence-electron chi connectivity index (χ3n) is 3.04. The summed E-state index contributed by atoms with van der Waals surface area (Å²) in [5.41, 5.74) is 0.282. The lowest BCUT2D eigenvalue weighted by Crippen LogP contribution is -2.34. The van der Waals surface area contributed by atoms with Crippen molar-refractivity contribution < 1.29 is 9.90 Å². The Kier molecular flexibility index (Phi) is 5.37. The molecule has 0 aliphatic carbocycles. The predicted molar refractivity (Wildman–Crippen MR) is 88.3 cm³/mol. The summed E-state index contributed by atoms with van der Waals surface area (Å²) in [5.74, 6) is -0.189. The van der Waals surface area contributed by atoms with Gasteiger partial charge in [-0.25, -0.2) is 4.98 Å². The molecule has 114 valence electrons. The number of thiazole rings is 1. The Balaban J connectivity index is 1.99. The number of nitrogens with one attached hydrogen (secondary N) is 1. The van der Waals surface area contributed by atoms with Crippen LogP contribution >= 0.6 is 34.3 Å². The maximum Gasteiger partial charge on any atom is 0.270 e. The Morgan fingerprint density at radius 3 is 2.86 bits per heavy atom. The van der Waals surface area contributed by atoms with E-state index in [9.17, 15) is 4.79 Å². The summed E-state index contributed by atoms with van der Waals surface area (Å²) in [6.07, 6.45) is 0.642. The first-order valence-corrected chi connectivity index (χ1v) is 8.59. The largest absolute Gasteiger partial charge is 0.396 e. The molecule has 2 aromatic heterocycles. The summed E-state index contributed by atoms with van der Waals surface area (Å²) >= 11 is 8.78. The molecule has 0 spiro atoms. The Bertz CT molecular complexity index is 622.